The van der Waals surface area contributed by atoms with Crippen LogP contribution in [0.4, 0.5) is 9.52 Å². The molecule has 4 nitrogen and oxygen atoms in total. The first kappa shape index (κ1) is 14.5. The molecule has 2 aromatic rings. The highest BCUT2D eigenvalue weighted by molar-refractivity contribution is 7.13. The smallest absolute Gasteiger partial charge is 0.357 e. The first-order valence-electron chi connectivity index (χ1n) is 6.18. The van der Waals surface area contributed by atoms with Gasteiger partial charge in [0.25, 0.3) is 0 Å². The highest BCUT2D eigenvalue weighted by atomic mass is 32.1. The van der Waals surface area contributed by atoms with Crippen molar-refractivity contribution in [3.8, 4) is 0 Å². The standard InChI is InChI=1S/C14H15FN2O2S/c1-3-19-13(18)12-9-20-14(16-12)17(2)8-10-4-6-11(15)7-5-10/h4-7,9H,3,8H2,1-2H3. The average Bonchev–Trinajstić information content (AvgIpc) is 2.91. The number of anilines is 1. The molecule has 0 radical (unpaired) electrons. The summed E-state index contributed by atoms with van der Waals surface area (Å²) in [5.74, 6) is -0.666. The fraction of sp³-hybridized carbons (Fsp3) is 0.286. The van der Waals surface area contributed by atoms with Crippen LogP contribution in [-0.4, -0.2) is 24.6 Å². The summed E-state index contributed by atoms with van der Waals surface area (Å²) in [6, 6.07) is 6.31. The van der Waals surface area contributed by atoms with Gasteiger partial charge in [-0.05, 0) is 24.6 Å². The number of hydrogen-bond donors (Lipinski definition) is 0. The molecule has 0 aliphatic heterocycles. The maximum absolute atomic E-state index is 12.8. The van der Waals surface area contributed by atoms with E-state index in [2.05, 4.69) is 4.98 Å². The predicted octanol–water partition coefficient (Wildman–Crippen LogP) is 3.10. The molecule has 0 aliphatic rings. The van der Waals surface area contributed by atoms with Gasteiger partial charge in [-0.25, -0.2) is 14.2 Å². The quantitative estimate of drug-likeness (QED) is 0.795. The van der Waals surface area contributed by atoms with Crippen LogP contribution in [0.3, 0.4) is 0 Å². The Morgan fingerprint density at radius 3 is 2.75 bits per heavy atom. The normalized spacial score (nSPS) is 10.3. The van der Waals surface area contributed by atoms with E-state index in [9.17, 15) is 9.18 Å². The molecule has 0 N–H and O–H groups in total. The van der Waals surface area contributed by atoms with Gasteiger partial charge in [-0.2, -0.15) is 0 Å². The lowest BCUT2D eigenvalue weighted by atomic mass is 10.2. The van der Waals surface area contributed by atoms with E-state index in [-0.39, 0.29) is 5.82 Å². The maximum Gasteiger partial charge on any atom is 0.357 e. The molecule has 1 aromatic heterocycles. The second-order valence-corrected chi connectivity index (χ2v) is 5.05. The highest BCUT2D eigenvalue weighted by Crippen LogP contribution is 2.21. The molecule has 0 aliphatic carbocycles. The topological polar surface area (TPSA) is 42.4 Å². The largest absolute Gasteiger partial charge is 0.461 e. The molecule has 0 unspecified atom stereocenters. The van der Waals surface area contributed by atoms with Crippen molar-refractivity contribution in [3.63, 3.8) is 0 Å². The van der Waals surface area contributed by atoms with Gasteiger partial charge >= 0.3 is 5.97 Å². The number of esters is 1. The van der Waals surface area contributed by atoms with Crippen LogP contribution in [0.25, 0.3) is 0 Å². The number of carbonyl (C=O) groups excluding carboxylic acids is 1. The number of ether oxygens (including phenoxy) is 1. The molecule has 2 rings (SSSR count). The van der Waals surface area contributed by atoms with Crippen molar-refractivity contribution in [2.45, 2.75) is 13.5 Å². The number of thiazole rings is 1. The van der Waals surface area contributed by atoms with E-state index < -0.39 is 5.97 Å². The first-order valence-corrected chi connectivity index (χ1v) is 7.06. The minimum Gasteiger partial charge on any atom is -0.461 e. The Kier molecular flexibility index (Phi) is 4.68. The zero-order chi connectivity index (χ0) is 14.5. The number of aromatic nitrogens is 1. The Labute approximate surface area is 120 Å². The minimum atomic E-state index is -0.412. The molecule has 106 valence electrons. The summed E-state index contributed by atoms with van der Waals surface area (Å²) in [6.07, 6.45) is 0. The predicted molar refractivity (Wildman–Crippen MR) is 76.6 cm³/mol. The summed E-state index contributed by atoms with van der Waals surface area (Å²) in [5, 5.41) is 2.39. The van der Waals surface area contributed by atoms with Gasteiger partial charge < -0.3 is 9.64 Å². The van der Waals surface area contributed by atoms with Crippen LogP contribution in [0.15, 0.2) is 29.6 Å². The molecular formula is C14H15FN2O2S. The number of halogens is 1. The molecule has 0 saturated carbocycles. The Hall–Kier alpha value is -1.95. The Bertz CT molecular complexity index is 583. The number of nitrogens with zero attached hydrogens (tertiary/aromatic N) is 2. The third-order valence-electron chi connectivity index (χ3n) is 2.64. The van der Waals surface area contributed by atoms with Gasteiger partial charge in [0.15, 0.2) is 10.8 Å². The maximum atomic E-state index is 12.8. The SMILES string of the molecule is CCOC(=O)c1csc(N(C)Cc2ccc(F)cc2)n1. The van der Waals surface area contributed by atoms with E-state index in [0.717, 1.165) is 10.7 Å². The van der Waals surface area contributed by atoms with Crippen LogP contribution in [0.2, 0.25) is 0 Å². The van der Waals surface area contributed by atoms with Gasteiger partial charge in [0, 0.05) is 19.0 Å². The van der Waals surface area contributed by atoms with Crippen LogP contribution >= 0.6 is 11.3 Å². The highest BCUT2D eigenvalue weighted by Gasteiger charge is 2.14. The van der Waals surface area contributed by atoms with Crippen LogP contribution in [0.1, 0.15) is 23.0 Å². The fourth-order valence-electron chi connectivity index (χ4n) is 1.67. The number of benzene rings is 1. The van der Waals surface area contributed by atoms with E-state index in [4.69, 9.17) is 4.74 Å². The first-order chi connectivity index (χ1) is 9.60. The Balaban J connectivity index is 2.04. The summed E-state index contributed by atoms with van der Waals surface area (Å²) in [4.78, 5) is 17.7. The van der Waals surface area contributed by atoms with Crippen molar-refractivity contribution in [2.24, 2.45) is 0 Å². The van der Waals surface area contributed by atoms with Gasteiger partial charge in [0.05, 0.1) is 6.61 Å². The lowest BCUT2D eigenvalue weighted by molar-refractivity contribution is 0.0520. The molecule has 0 atom stereocenters. The van der Waals surface area contributed by atoms with Gasteiger partial charge in [-0.3, -0.25) is 0 Å². The molecule has 20 heavy (non-hydrogen) atoms. The van der Waals surface area contributed by atoms with Crippen LogP contribution in [0.5, 0.6) is 0 Å². The number of carbonyl (C=O) groups is 1. The molecule has 6 heteroatoms. The zero-order valence-corrected chi connectivity index (χ0v) is 12.1. The van der Waals surface area contributed by atoms with Crippen LogP contribution in [0, 0.1) is 5.82 Å². The molecule has 0 spiro atoms. The van der Waals surface area contributed by atoms with E-state index in [1.54, 1.807) is 24.4 Å². The van der Waals surface area contributed by atoms with Crippen molar-refractivity contribution >= 4 is 22.4 Å². The summed E-state index contributed by atoms with van der Waals surface area (Å²) in [5.41, 5.74) is 1.29. The van der Waals surface area contributed by atoms with Crippen molar-refractivity contribution in [1.29, 1.82) is 0 Å². The Morgan fingerprint density at radius 1 is 1.40 bits per heavy atom. The third-order valence-corrected chi connectivity index (χ3v) is 3.59. The van der Waals surface area contributed by atoms with Gasteiger partial charge in [-0.15, -0.1) is 11.3 Å². The second-order valence-electron chi connectivity index (χ2n) is 4.22. The minimum absolute atomic E-state index is 0.254. The fourth-order valence-corrected chi connectivity index (χ4v) is 2.43. The summed E-state index contributed by atoms with van der Waals surface area (Å²) in [7, 11) is 1.87. The van der Waals surface area contributed by atoms with E-state index in [1.807, 2.05) is 11.9 Å². The van der Waals surface area contributed by atoms with E-state index >= 15 is 0 Å². The molecule has 1 aromatic carbocycles. The summed E-state index contributed by atoms with van der Waals surface area (Å²) < 4.78 is 17.7. The Morgan fingerprint density at radius 2 is 2.10 bits per heavy atom. The van der Waals surface area contributed by atoms with Crippen molar-refractivity contribution in [1.82, 2.24) is 4.98 Å². The van der Waals surface area contributed by atoms with E-state index in [1.165, 1.54) is 23.5 Å². The number of rotatable bonds is 5. The molecule has 0 amide bonds. The number of hydrogen-bond acceptors (Lipinski definition) is 5. The van der Waals surface area contributed by atoms with Crippen molar-refractivity contribution < 1.29 is 13.9 Å². The lowest BCUT2D eigenvalue weighted by Crippen LogP contribution is -2.16. The molecule has 0 bridgehead atoms. The average molecular weight is 294 g/mol. The van der Waals surface area contributed by atoms with Crippen LogP contribution in [-0.2, 0) is 11.3 Å². The second kappa shape index (κ2) is 6.47. The van der Waals surface area contributed by atoms with Gasteiger partial charge in [-0.1, -0.05) is 12.1 Å². The summed E-state index contributed by atoms with van der Waals surface area (Å²) in [6.45, 7) is 2.68. The van der Waals surface area contributed by atoms with Gasteiger partial charge in [0.2, 0.25) is 0 Å². The van der Waals surface area contributed by atoms with Gasteiger partial charge in [0.1, 0.15) is 5.82 Å². The lowest BCUT2D eigenvalue weighted by Gasteiger charge is -2.15. The van der Waals surface area contributed by atoms with Crippen molar-refractivity contribution in [3.05, 3.63) is 46.7 Å². The molecular weight excluding hydrogens is 279 g/mol. The zero-order valence-electron chi connectivity index (χ0n) is 11.3. The van der Waals surface area contributed by atoms with Crippen LogP contribution < -0.4 is 4.90 Å². The summed E-state index contributed by atoms with van der Waals surface area (Å²) >= 11 is 1.37. The molecule has 0 saturated heterocycles. The van der Waals surface area contributed by atoms with E-state index in [0.29, 0.717) is 18.8 Å². The monoisotopic (exact) mass is 294 g/mol. The third kappa shape index (κ3) is 3.54. The van der Waals surface area contributed by atoms with Crippen molar-refractivity contribution in [2.75, 3.05) is 18.6 Å². The molecule has 1 heterocycles. The molecule has 0 fully saturated rings.